The molecule has 22 heavy (non-hydrogen) atoms. The van der Waals surface area contributed by atoms with Gasteiger partial charge in [0, 0.05) is 11.3 Å². The first-order chi connectivity index (χ1) is 10.2. The highest BCUT2D eigenvalue weighted by Gasteiger charge is 2.36. The molecule has 0 spiro atoms. The average Bonchev–Trinajstić information content (AvgIpc) is 2.40. The van der Waals surface area contributed by atoms with Gasteiger partial charge in [-0.3, -0.25) is 9.59 Å². The predicted molar refractivity (Wildman–Crippen MR) is 71.9 cm³/mol. The molecular formula is C14H16F3NO4. The number of carbonyl (C=O) groups excluding carboxylic acids is 2. The van der Waals surface area contributed by atoms with Crippen LogP contribution in [-0.2, 0) is 25.2 Å². The van der Waals surface area contributed by atoms with E-state index in [1.807, 2.05) is 0 Å². The molecule has 8 heteroatoms. The van der Waals surface area contributed by atoms with Gasteiger partial charge in [-0.25, -0.2) is 0 Å². The fourth-order valence-corrected chi connectivity index (χ4v) is 1.80. The molecule has 0 saturated heterocycles. The van der Waals surface area contributed by atoms with Gasteiger partial charge in [0.25, 0.3) is 0 Å². The Labute approximate surface area is 125 Å². The molecule has 0 fully saturated rings. The molecule has 1 aromatic carbocycles. The van der Waals surface area contributed by atoms with E-state index in [1.165, 1.54) is 13.8 Å². The number of rotatable bonds is 5. The fraction of sp³-hybridized carbons (Fsp3) is 0.429. The number of benzene rings is 1. The summed E-state index contributed by atoms with van der Waals surface area (Å²) in [6.45, 7) is 2.95. The minimum Gasteiger partial charge on any atom is -0.465 e. The summed E-state index contributed by atoms with van der Waals surface area (Å²) in [5, 5.41) is 0. The van der Waals surface area contributed by atoms with Gasteiger partial charge in [-0.1, -0.05) is 0 Å². The summed E-state index contributed by atoms with van der Waals surface area (Å²) in [6.07, 6.45) is -4.63. The highest BCUT2D eigenvalue weighted by atomic mass is 19.4. The monoisotopic (exact) mass is 319 g/mol. The van der Waals surface area contributed by atoms with E-state index in [9.17, 15) is 22.8 Å². The molecule has 1 aromatic rings. The van der Waals surface area contributed by atoms with Gasteiger partial charge in [0.1, 0.15) is 0 Å². The Bertz CT molecular complexity index is 540. The summed E-state index contributed by atoms with van der Waals surface area (Å²) in [5.41, 5.74) is 4.19. The second-order valence-corrected chi connectivity index (χ2v) is 4.28. The SMILES string of the molecule is CCOC(=O)C(C(=O)OCC)c1cc(C(F)(F)F)ccc1N. The van der Waals surface area contributed by atoms with E-state index in [-0.39, 0.29) is 24.5 Å². The highest BCUT2D eigenvalue weighted by molar-refractivity contribution is 6.02. The van der Waals surface area contributed by atoms with Crippen molar-refractivity contribution in [1.29, 1.82) is 0 Å². The number of alkyl halides is 3. The number of esters is 2. The summed E-state index contributed by atoms with van der Waals surface area (Å²) in [4.78, 5) is 23.8. The summed E-state index contributed by atoms with van der Waals surface area (Å²) >= 11 is 0. The first-order valence-corrected chi connectivity index (χ1v) is 6.52. The summed E-state index contributed by atoms with van der Waals surface area (Å²) in [6, 6.07) is 2.42. The van der Waals surface area contributed by atoms with Gasteiger partial charge in [-0.15, -0.1) is 0 Å². The Morgan fingerprint density at radius 3 is 2.05 bits per heavy atom. The van der Waals surface area contributed by atoms with Crippen LogP contribution in [0.5, 0.6) is 0 Å². The van der Waals surface area contributed by atoms with Crippen LogP contribution in [0.15, 0.2) is 18.2 Å². The summed E-state index contributed by atoms with van der Waals surface area (Å²) in [7, 11) is 0. The standard InChI is InChI=1S/C14H16F3NO4/c1-3-21-12(19)11(13(20)22-4-2)9-7-8(14(15,16)17)5-6-10(9)18/h5-7,11H,3-4,18H2,1-2H3. The third-order valence-corrected chi connectivity index (χ3v) is 2.77. The van der Waals surface area contributed by atoms with Crippen molar-refractivity contribution in [2.45, 2.75) is 25.9 Å². The maximum absolute atomic E-state index is 12.8. The predicted octanol–water partition coefficient (Wildman–Crippen LogP) is 2.50. The lowest BCUT2D eigenvalue weighted by Crippen LogP contribution is -2.27. The lowest BCUT2D eigenvalue weighted by atomic mass is 9.95. The van der Waals surface area contributed by atoms with Crippen molar-refractivity contribution >= 4 is 17.6 Å². The van der Waals surface area contributed by atoms with Crippen molar-refractivity contribution in [3.05, 3.63) is 29.3 Å². The van der Waals surface area contributed by atoms with Crippen molar-refractivity contribution in [2.24, 2.45) is 0 Å². The van der Waals surface area contributed by atoms with Gasteiger partial charge in [-0.2, -0.15) is 13.2 Å². The van der Waals surface area contributed by atoms with Crippen LogP contribution in [-0.4, -0.2) is 25.2 Å². The molecule has 0 bridgehead atoms. The van der Waals surface area contributed by atoms with Gasteiger partial charge < -0.3 is 15.2 Å². The number of nitrogen functional groups attached to an aromatic ring is 1. The van der Waals surface area contributed by atoms with Crippen molar-refractivity contribution in [3.8, 4) is 0 Å². The molecule has 2 N–H and O–H groups in total. The first kappa shape index (κ1) is 17.8. The smallest absolute Gasteiger partial charge is 0.416 e. The number of hydrogen-bond acceptors (Lipinski definition) is 5. The molecular weight excluding hydrogens is 303 g/mol. The van der Waals surface area contributed by atoms with Crippen LogP contribution in [0.25, 0.3) is 0 Å². The molecule has 0 aliphatic rings. The molecule has 122 valence electrons. The number of ether oxygens (including phenoxy) is 2. The lowest BCUT2D eigenvalue weighted by molar-refractivity contribution is -0.157. The number of hydrogen-bond donors (Lipinski definition) is 1. The molecule has 0 atom stereocenters. The number of carbonyl (C=O) groups is 2. The second-order valence-electron chi connectivity index (χ2n) is 4.28. The molecule has 0 aromatic heterocycles. The fourth-order valence-electron chi connectivity index (χ4n) is 1.80. The largest absolute Gasteiger partial charge is 0.465 e. The van der Waals surface area contributed by atoms with Crippen LogP contribution in [0, 0.1) is 0 Å². The molecule has 0 saturated carbocycles. The minimum atomic E-state index is -4.63. The third-order valence-electron chi connectivity index (χ3n) is 2.77. The maximum Gasteiger partial charge on any atom is 0.416 e. The van der Waals surface area contributed by atoms with E-state index >= 15 is 0 Å². The van der Waals surface area contributed by atoms with Crippen molar-refractivity contribution in [1.82, 2.24) is 0 Å². The lowest BCUT2D eigenvalue weighted by Gasteiger charge is -2.18. The molecule has 0 heterocycles. The quantitative estimate of drug-likeness (QED) is 0.512. The van der Waals surface area contributed by atoms with Crippen LogP contribution in [0.4, 0.5) is 18.9 Å². The van der Waals surface area contributed by atoms with Crippen LogP contribution in [0.2, 0.25) is 0 Å². The molecule has 0 unspecified atom stereocenters. The Kier molecular flexibility index (Phi) is 5.78. The zero-order valence-corrected chi connectivity index (χ0v) is 12.1. The average molecular weight is 319 g/mol. The highest BCUT2D eigenvalue weighted by Crippen LogP contribution is 2.34. The van der Waals surface area contributed by atoms with Gasteiger partial charge >= 0.3 is 18.1 Å². The number of halogens is 3. The molecule has 0 aliphatic carbocycles. The minimum absolute atomic E-state index is 0.0341. The summed E-state index contributed by atoms with van der Waals surface area (Å²) in [5.74, 6) is -3.67. The molecule has 5 nitrogen and oxygen atoms in total. The van der Waals surface area contributed by atoms with E-state index < -0.39 is 29.6 Å². The van der Waals surface area contributed by atoms with Gasteiger partial charge in [0.05, 0.1) is 18.8 Å². The number of nitrogens with two attached hydrogens (primary N) is 1. The maximum atomic E-state index is 12.8. The van der Waals surface area contributed by atoms with Crippen molar-refractivity contribution in [3.63, 3.8) is 0 Å². The molecule has 0 amide bonds. The molecule has 0 radical (unpaired) electrons. The van der Waals surface area contributed by atoms with E-state index in [0.29, 0.717) is 6.07 Å². The normalized spacial score (nSPS) is 11.4. The van der Waals surface area contributed by atoms with Crippen LogP contribution < -0.4 is 5.73 Å². The van der Waals surface area contributed by atoms with Crippen LogP contribution in [0.1, 0.15) is 30.9 Å². The van der Waals surface area contributed by atoms with Crippen molar-refractivity contribution in [2.75, 3.05) is 18.9 Å². The van der Waals surface area contributed by atoms with Crippen molar-refractivity contribution < 1.29 is 32.2 Å². The molecule has 0 aliphatic heterocycles. The Balaban J connectivity index is 3.35. The van der Waals surface area contributed by atoms with Crippen LogP contribution in [0.3, 0.4) is 0 Å². The van der Waals surface area contributed by atoms with E-state index in [2.05, 4.69) is 0 Å². The van der Waals surface area contributed by atoms with Gasteiger partial charge in [0.2, 0.25) is 0 Å². The summed E-state index contributed by atoms with van der Waals surface area (Å²) < 4.78 is 47.8. The first-order valence-electron chi connectivity index (χ1n) is 6.52. The van der Waals surface area contributed by atoms with Crippen LogP contribution >= 0.6 is 0 Å². The Morgan fingerprint density at radius 1 is 1.14 bits per heavy atom. The zero-order valence-electron chi connectivity index (χ0n) is 12.1. The van der Waals surface area contributed by atoms with E-state index in [0.717, 1.165) is 12.1 Å². The van der Waals surface area contributed by atoms with E-state index in [1.54, 1.807) is 0 Å². The van der Waals surface area contributed by atoms with Gasteiger partial charge in [0.15, 0.2) is 5.92 Å². The topological polar surface area (TPSA) is 78.6 Å². The second kappa shape index (κ2) is 7.15. The van der Waals surface area contributed by atoms with Gasteiger partial charge in [-0.05, 0) is 32.0 Å². The zero-order chi connectivity index (χ0) is 16.9. The van der Waals surface area contributed by atoms with E-state index in [4.69, 9.17) is 15.2 Å². The Morgan fingerprint density at radius 2 is 1.64 bits per heavy atom. The Hall–Kier alpha value is -2.25. The molecule has 1 rings (SSSR count). The number of anilines is 1. The third kappa shape index (κ3) is 4.12.